The zero-order valence-electron chi connectivity index (χ0n) is 18.9. The lowest BCUT2D eigenvalue weighted by Gasteiger charge is -2.27. The van der Waals surface area contributed by atoms with Gasteiger partial charge in [-0.05, 0) is 61.7 Å². The van der Waals surface area contributed by atoms with Crippen LogP contribution in [0.25, 0.3) is 33.7 Å². The van der Waals surface area contributed by atoms with Gasteiger partial charge in [-0.25, -0.2) is 4.98 Å². The van der Waals surface area contributed by atoms with Crippen LogP contribution in [-0.4, -0.2) is 29.6 Å². The number of hydrogen-bond donors (Lipinski definition) is 0. The molecule has 33 heavy (non-hydrogen) atoms. The highest BCUT2D eigenvalue weighted by atomic mass is 16.5. The van der Waals surface area contributed by atoms with Crippen molar-refractivity contribution >= 4 is 11.1 Å². The number of nitriles is 1. The first-order valence-electron chi connectivity index (χ1n) is 11.5. The minimum atomic E-state index is 0.0116. The summed E-state index contributed by atoms with van der Waals surface area (Å²) >= 11 is 0. The minimum Gasteiger partial charge on any atom is -0.478 e. The summed E-state index contributed by atoms with van der Waals surface area (Å²) in [5, 5.41) is 9.04. The zero-order chi connectivity index (χ0) is 22.6. The molecular formula is C28H27N3O2. The summed E-state index contributed by atoms with van der Waals surface area (Å²) in [6, 6.07) is 22.6. The lowest BCUT2D eigenvalue weighted by atomic mass is 9.96. The van der Waals surface area contributed by atoms with Crippen molar-refractivity contribution in [2.75, 3.05) is 19.7 Å². The SMILES string of the molecule is Cc1c(-c2ccccc2)cccc1-c1nc2cc(CN3CCCCC3)c(OCC#N)cc2o1. The predicted molar refractivity (Wildman–Crippen MR) is 130 cm³/mol. The Hall–Kier alpha value is -3.62. The molecule has 0 N–H and O–H groups in total. The van der Waals surface area contributed by atoms with E-state index in [1.165, 1.54) is 30.4 Å². The predicted octanol–water partition coefficient (Wildman–Crippen LogP) is 6.36. The largest absolute Gasteiger partial charge is 0.478 e. The van der Waals surface area contributed by atoms with E-state index >= 15 is 0 Å². The van der Waals surface area contributed by atoms with E-state index in [0.717, 1.165) is 41.8 Å². The second kappa shape index (κ2) is 9.48. The van der Waals surface area contributed by atoms with Crippen molar-refractivity contribution in [2.45, 2.75) is 32.7 Å². The number of fused-ring (bicyclic) bond motifs is 1. The number of hydrogen-bond acceptors (Lipinski definition) is 5. The Morgan fingerprint density at radius 3 is 2.58 bits per heavy atom. The molecule has 0 spiro atoms. The fraction of sp³-hybridized carbons (Fsp3) is 0.286. The standard InChI is InChI=1S/C28H27N3O2/c1-20-23(21-9-4-2-5-10-21)11-8-12-24(20)28-30-25-17-22(19-31-14-6-3-7-15-31)26(32-16-13-29)18-27(25)33-28/h2,4-5,8-12,17-18H,3,6-7,14-16,19H2,1H3. The van der Waals surface area contributed by atoms with Gasteiger partial charge in [0.25, 0.3) is 0 Å². The van der Waals surface area contributed by atoms with Crippen LogP contribution in [0.4, 0.5) is 0 Å². The van der Waals surface area contributed by atoms with Gasteiger partial charge in [0.2, 0.25) is 5.89 Å². The van der Waals surface area contributed by atoms with Gasteiger partial charge in [0.15, 0.2) is 12.2 Å². The first kappa shape index (κ1) is 21.2. The Morgan fingerprint density at radius 1 is 1.00 bits per heavy atom. The average molecular weight is 438 g/mol. The summed E-state index contributed by atoms with van der Waals surface area (Å²) in [7, 11) is 0. The number of oxazole rings is 1. The number of ether oxygens (including phenoxy) is 1. The molecule has 0 radical (unpaired) electrons. The molecule has 1 fully saturated rings. The highest BCUT2D eigenvalue weighted by Crippen LogP contribution is 2.35. The van der Waals surface area contributed by atoms with Gasteiger partial charge in [0, 0.05) is 23.7 Å². The summed E-state index contributed by atoms with van der Waals surface area (Å²) in [6.45, 7) is 5.09. The number of nitrogens with zero attached hydrogens (tertiary/aromatic N) is 3. The Labute approximate surface area is 194 Å². The van der Waals surface area contributed by atoms with E-state index in [9.17, 15) is 0 Å². The van der Waals surface area contributed by atoms with Gasteiger partial charge in [-0.1, -0.05) is 48.9 Å². The van der Waals surface area contributed by atoms with Crippen LogP contribution in [0.3, 0.4) is 0 Å². The van der Waals surface area contributed by atoms with Crippen LogP contribution < -0.4 is 4.74 Å². The Morgan fingerprint density at radius 2 is 1.79 bits per heavy atom. The van der Waals surface area contributed by atoms with Crippen LogP contribution in [0, 0.1) is 18.3 Å². The molecule has 3 aromatic carbocycles. The first-order valence-corrected chi connectivity index (χ1v) is 11.5. The highest BCUT2D eigenvalue weighted by Gasteiger charge is 2.18. The topological polar surface area (TPSA) is 62.3 Å². The van der Waals surface area contributed by atoms with E-state index in [-0.39, 0.29) is 6.61 Å². The molecule has 4 aromatic rings. The summed E-state index contributed by atoms with van der Waals surface area (Å²) in [6.07, 6.45) is 3.74. The Balaban J connectivity index is 1.53. The van der Waals surface area contributed by atoms with Crippen molar-refractivity contribution in [1.82, 2.24) is 9.88 Å². The quantitative estimate of drug-likeness (QED) is 0.351. The molecule has 5 nitrogen and oxygen atoms in total. The fourth-order valence-corrected chi connectivity index (χ4v) is 4.64. The number of piperidine rings is 1. The molecule has 0 aliphatic carbocycles. The lowest BCUT2D eigenvalue weighted by Crippen LogP contribution is -2.29. The number of benzene rings is 3. The molecule has 5 heteroatoms. The maximum Gasteiger partial charge on any atom is 0.227 e. The van der Waals surface area contributed by atoms with Crippen LogP contribution in [-0.2, 0) is 6.54 Å². The van der Waals surface area contributed by atoms with Gasteiger partial charge in [-0.15, -0.1) is 0 Å². The fourth-order valence-electron chi connectivity index (χ4n) is 4.64. The van der Waals surface area contributed by atoms with Crippen LogP contribution in [0.1, 0.15) is 30.4 Å². The monoisotopic (exact) mass is 437 g/mol. The van der Waals surface area contributed by atoms with Gasteiger partial charge in [0.05, 0.1) is 0 Å². The molecule has 5 rings (SSSR count). The van der Waals surface area contributed by atoms with E-state index in [1.54, 1.807) is 0 Å². The number of rotatable bonds is 6. The zero-order valence-corrected chi connectivity index (χ0v) is 18.9. The van der Waals surface area contributed by atoms with Gasteiger partial charge in [0.1, 0.15) is 17.3 Å². The molecule has 1 aliphatic rings. The lowest BCUT2D eigenvalue weighted by molar-refractivity contribution is 0.217. The average Bonchev–Trinajstić information content (AvgIpc) is 3.26. The van der Waals surface area contributed by atoms with Crippen molar-refractivity contribution in [3.8, 4) is 34.4 Å². The van der Waals surface area contributed by atoms with Gasteiger partial charge < -0.3 is 9.15 Å². The van der Waals surface area contributed by atoms with E-state index in [4.69, 9.17) is 19.4 Å². The molecule has 1 saturated heterocycles. The summed E-state index contributed by atoms with van der Waals surface area (Å²) in [5.41, 5.74) is 6.97. The second-order valence-corrected chi connectivity index (χ2v) is 8.57. The summed E-state index contributed by atoms with van der Waals surface area (Å²) in [5.74, 6) is 1.30. The highest BCUT2D eigenvalue weighted by molar-refractivity contribution is 5.81. The smallest absolute Gasteiger partial charge is 0.227 e. The van der Waals surface area contributed by atoms with Crippen LogP contribution in [0.5, 0.6) is 5.75 Å². The van der Waals surface area contributed by atoms with Gasteiger partial charge >= 0.3 is 0 Å². The molecule has 0 atom stereocenters. The van der Waals surface area contributed by atoms with E-state index < -0.39 is 0 Å². The normalized spacial score (nSPS) is 14.3. The number of likely N-dealkylation sites (tertiary alicyclic amines) is 1. The third-order valence-electron chi connectivity index (χ3n) is 6.35. The van der Waals surface area contributed by atoms with Crippen molar-refractivity contribution in [3.63, 3.8) is 0 Å². The first-order chi connectivity index (χ1) is 16.2. The second-order valence-electron chi connectivity index (χ2n) is 8.57. The minimum absolute atomic E-state index is 0.0116. The summed E-state index contributed by atoms with van der Waals surface area (Å²) in [4.78, 5) is 7.29. The Bertz CT molecular complexity index is 1300. The van der Waals surface area contributed by atoms with E-state index in [1.807, 2.05) is 36.4 Å². The summed E-state index contributed by atoms with van der Waals surface area (Å²) < 4.78 is 12.0. The van der Waals surface area contributed by atoms with Crippen LogP contribution in [0.2, 0.25) is 0 Å². The van der Waals surface area contributed by atoms with E-state index in [2.05, 4.69) is 42.2 Å². The van der Waals surface area contributed by atoms with Crippen LogP contribution >= 0.6 is 0 Å². The maximum atomic E-state index is 9.04. The molecule has 0 amide bonds. The molecule has 0 saturated carbocycles. The molecule has 0 unspecified atom stereocenters. The van der Waals surface area contributed by atoms with Gasteiger partial charge in [-0.3, -0.25) is 4.90 Å². The number of aromatic nitrogens is 1. The van der Waals surface area contributed by atoms with Crippen molar-refractivity contribution < 1.29 is 9.15 Å². The van der Waals surface area contributed by atoms with Crippen molar-refractivity contribution in [2.24, 2.45) is 0 Å². The van der Waals surface area contributed by atoms with Gasteiger partial charge in [-0.2, -0.15) is 5.26 Å². The molecule has 1 aromatic heterocycles. The maximum absolute atomic E-state index is 9.04. The third-order valence-corrected chi connectivity index (χ3v) is 6.35. The van der Waals surface area contributed by atoms with Crippen molar-refractivity contribution in [1.29, 1.82) is 5.26 Å². The van der Waals surface area contributed by atoms with Crippen LogP contribution in [0.15, 0.2) is 65.1 Å². The molecule has 0 bridgehead atoms. The molecule has 166 valence electrons. The van der Waals surface area contributed by atoms with E-state index in [0.29, 0.717) is 17.2 Å². The molecule has 1 aliphatic heterocycles. The third kappa shape index (κ3) is 4.48. The Kier molecular flexibility index (Phi) is 6.10. The molecular weight excluding hydrogens is 410 g/mol. The van der Waals surface area contributed by atoms with Crippen molar-refractivity contribution in [3.05, 3.63) is 71.8 Å². The molecule has 2 heterocycles.